The number of hydrogen-bond donors (Lipinski definition) is 2. The van der Waals surface area contributed by atoms with Crippen LogP contribution >= 0.6 is 0 Å². The number of ether oxygens (including phenoxy) is 3. The van der Waals surface area contributed by atoms with Gasteiger partial charge in [-0.25, -0.2) is 9.48 Å². The van der Waals surface area contributed by atoms with Crippen molar-refractivity contribution in [2.75, 3.05) is 0 Å². The number of aliphatic hydroxyl groups excluding tert-OH is 1. The van der Waals surface area contributed by atoms with Crippen LogP contribution in [0.5, 0.6) is 0 Å². The Morgan fingerprint density at radius 1 is 1.00 bits per heavy atom. The van der Waals surface area contributed by atoms with Gasteiger partial charge in [-0.2, -0.15) is 5.10 Å². The van der Waals surface area contributed by atoms with Gasteiger partial charge in [0.1, 0.15) is 11.7 Å². The molecular formula is C32H40N2O6. The van der Waals surface area contributed by atoms with Crippen LogP contribution in [0.15, 0.2) is 54.6 Å². The fourth-order valence-corrected chi connectivity index (χ4v) is 5.72. The van der Waals surface area contributed by atoms with Crippen LogP contribution in [0.25, 0.3) is 16.9 Å². The highest BCUT2D eigenvalue weighted by Crippen LogP contribution is 2.40. The molecule has 2 aromatic carbocycles. The van der Waals surface area contributed by atoms with Crippen molar-refractivity contribution in [3.05, 3.63) is 71.4 Å². The van der Waals surface area contributed by atoms with E-state index < -0.39 is 18.0 Å². The SMILES string of the molecule is Cc1ccc(-c2cc(C3(O)CCC(OC(C)OC(=O)OC4CCCCC4)CC3)nn2-c2ccc(CO)cc2)cc1. The monoisotopic (exact) mass is 548 g/mol. The number of aliphatic hydroxyl groups is 2. The van der Waals surface area contributed by atoms with E-state index in [-0.39, 0.29) is 18.8 Å². The van der Waals surface area contributed by atoms with Crippen molar-refractivity contribution in [1.82, 2.24) is 9.78 Å². The predicted octanol–water partition coefficient (Wildman–Crippen LogP) is 6.32. The number of benzene rings is 2. The van der Waals surface area contributed by atoms with Crippen LogP contribution in [0, 0.1) is 6.92 Å². The number of carbonyl (C=O) groups excluding carboxylic acids is 1. The van der Waals surface area contributed by atoms with E-state index in [0.29, 0.717) is 31.4 Å². The molecule has 0 amide bonds. The number of aryl methyl sites for hydroxylation is 1. The second kappa shape index (κ2) is 12.5. The third-order valence-electron chi connectivity index (χ3n) is 8.12. The van der Waals surface area contributed by atoms with Gasteiger partial charge in [-0.1, -0.05) is 48.4 Å². The largest absolute Gasteiger partial charge is 0.510 e. The highest BCUT2D eigenvalue weighted by atomic mass is 16.8. The van der Waals surface area contributed by atoms with Crippen molar-refractivity contribution in [1.29, 1.82) is 0 Å². The van der Waals surface area contributed by atoms with Crippen LogP contribution in [0.3, 0.4) is 0 Å². The predicted molar refractivity (Wildman–Crippen MR) is 151 cm³/mol. The summed E-state index contributed by atoms with van der Waals surface area (Å²) in [6.45, 7) is 3.74. The molecule has 1 unspecified atom stereocenters. The first-order chi connectivity index (χ1) is 19.3. The van der Waals surface area contributed by atoms with Gasteiger partial charge < -0.3 is 24.4 Å². The molecule has 8 heteroatoms. The van der Waals surface area contributed by atoms with Crippen molar-refractivity contribution < 1.29 is 29.2 Å². The van der Waals surface area contributed by atoms with E-state index in [0.717, 1.165) is 48.2 Å². The first kappa shape index (κ1) is 28.3. The van der Waals surface area contributed by atoms with Gasteiger partial charge in [-0.15, -0.1) is 0 Å². The lowest BCUT2D eigenvalue weighted by molar-refractivity contribution is -0.164. The number of aromatic nitrogens is 2. The highest BCUT2D eigenvalue weighted by molar-refractivity contribution is 5.63. The van der Waals surface area contributed by atoms with Gasteiger partial charge in [-0.3, -0.25) is 0 Å². The smallest absolute Gasteiger partial charge is 0.431 e. The summed E-state index contributed by atoms with van der Waals surface area (Å²) < 4.78 is 18.7. The van der Waals surface area contributed by atoms with Crippen molar-refractivity contribution in [3.8, 4) is 16.9 Å². The molecule has 2 saturated carbocycles. The molecule has 0 spiro atoms. The van der Waals surface area contributed by atoms with Crippen molar-refractivity contribution in [3.63, 3.8) is 0 Å². The number of nitrogens with zero attached hydrogens (tertiary/aromatic N) is 2. The topological polar surface area (TPSA) is 103 Å². The van der Waals surface area contributed by atoms with E-state index in [9.17, 15) is 15.0 Å². The van der Waals surface area contributed by atoms with Gasteiger partial charge in [0, 0.05) is 5.56 Å². The molecule has 0 bridgehead atoms. The zero-order valence-corrected chi connectivity index (χ0v) is 23.4. The molecule has 0 saturated heterocycles. The summed E-state index contributed by atoms with van der Waals surface area (Å²) >= 11 is 0. The summed E-state index contributed by atoms with van der Waals surface area (Å²) in [5, 5.41) is 26.1. The van der Waals surface area contributed by atoms with E-state index in [4.69, 9.17) is 19.3 Å². The third-order valence-corrected chi connectivity index (χ3v) is 8.12. The molecule has 214 valence electrons. The van der Waals surface area contributed by atoms with Crippen LogP contribution in [-0.4, -0.2) is 44.6 Å². The Balaban J connectivity index is 1.25. The molecule has 3 aromatic rings. The van der Waals surface area contributed by atoms with Gasteiger partial charge >= 0.3 is 6.16 Å². The lowest BCUT2D eigenvalue weighted by Crippen LogP contribution is -2.37. The molecule has 0 radical (unpaired) electrons. The van der Waals surface area contributed by atoms with Crippen LogP contribution < -0.4 is 0 Å². The summed E-state index contributed by atoms with van der Waals surface area (Å²) in [6, 6.07) is 17.8. The average Bonchev–Trinajstić information content (AvgIpc) is 3.42. The lowest BCUT2D eigenvalue weighted by Gasteiger charge is -2.35. The van der Waals surface area contributed by atoms with Crippen LogP contribution in [-0.2, 0) is 26.4 Å². The fourth-order valence-electron chi connectivity index (χ4n) is 5.72. The minimum Gasteiger partial charge on any atom is -0.431 e. The maximum atomic E-state index is 12.2. The zero-order valence-electron chi connectivity index (χ0n) is 23.4. The number of hydrogen-bond acceptors (Lipinski definition) is 7. The first-order valence-electron chi connectivity index (χ1n) is 14.5. The van der Waals surface area contributed by atoms with E-state index in [1.807, 2.05) is 35.0 Å². The lowest BCUT2D eigenvalue weighted by atomic mass is 9.81. The van der Waals surface area contributed by atoms with E-state index >= 15 is 0 Å². The van der Waals surface area contributed by atoms with Gasteiger partial charge in [0.15, 0.2) is 0 Å². The number of rotatable bonds is 8. The Hall–Kier alpha value is -3.20. The Morgan fingerprint density at radius 3 is 2.33 bits per heavy atom. The molecule has 1 heterocycles. The Bertz CT molecular complexity index is 1260. The van der Waals surface area contributed by atoms with E-state index in [1.54, 1.807) is 6.92 Å². The maximum Gasteiger partial charge on any atom is 0.510 e. The van der Waals surface area contributed by atoms with Crippen LogP contribution in [0.4, 0.5) is 4.79 Å². The van der Waals surface area contributed by atoms with Crippen LogP contribution in [0.2, 0.25) is 0 Å². The zero-order chi connectivity index (χ0) is 28.1. The van der Waals surface area contributed by atoms with Crippen molar-refractivity contribution in [2.45, 2.75) is 102 Å². The summed E-state index contributed by atoms with van der Waals surface area (Å²) in [5.41, 5.74) is 4.25. The Labute approximate surface area is 235 Å². The van der Waals surface area contributed by atoms with Crippen molar-refractivity contribution >= 4 is 6.16 Å². The fraction of sp³-hybridized carbons (Fsp3) is 0.500. The highest BCUT2D eigenvalue weighted by Gasteiger charge is 2.38. The van der Waals surface area contributed by atoms with Gasteiger partial charge in [0.25, 0.3) is 0 Å². The molecule has 0 aliphatic heterocycles. The van der Waals surface area contributed by atoms with Crippen LogP contribution in [0.1, 0.15) is 81.5 Å². The quantitative estimate of drug-likeness (QED) is 0.251. The Kier molecular flexibility index (Phi) is 8.88. The maximum absolute atomic E-state index is 12.2. The normalized spacial score (nSPS) is 22.6. The summed E-state index contributed by atoms with van der Waals surface area (Å²) in [6.07, 6.45) is 5.71. The molecule has 40 heavy (non-hydrogen) atoms. The molecule has 2 fully saturated rings. The molecule has 1 aromatic heterocycles. The Morgan fingerprint density at radius 2 is 1.68 bits per heavy atom. The molecular weight excluding hydrogens is 508 g/mol. The molecule has 8 nitrogen and oxygen atoms in total. The van der Waals surface area contributed by atoms with Gasteiger partial charge in [0.05, 0.1) is 29.8 Å². The van der Waals surface area contributed by atoms with E-state index in [1.165, 1.54) is 12.0 Å². The van der Waals surface area contributed by atoms with Gasteiger partial charge in [-0.05, 0) is 89.0 Å². The third kappa shape index (κ3) is 6.74. The molecule has 2 N–H and O–H groups in total. The first-order valence-corrected chi connectivity index (χ1v) is 14.5. The minimum atomic E-state index is -1.10. The molecule has 1 atom stereocenters. The molecule has 5 rings (SSSR count). The number of carbonyl (C=O) groups is 1. The average molecular weight is 549 g/mol. The summed E-state index contributed by atoms with van der Waals surface area (Å²) in [5.74, 6) is 0. The molecule has 2 aliphatic carbocycles. The van der Waals surface area contributed by atoms with E-state index in [2.05, 4.69) is 31.2 Å². The summed E-state index contributed by atoms with van der Waals surface area (Å²) in [7, 11) is 0. The standard InChI is InChI=1S/C32H40N2O6/c1-22-8-12-25(13-9-22)29-20-30(33-34(29)26-14-10-24(21-35)11-15-26)32(37)18-16-28(17-19-32)38-23(2)39-31(36)40-27-6-4-3-5-7-27/h8-15,20,23,27-28,35,37H,3-7,16-19,21H2,1-2H3. The minimum absolute atomic E-state index is 0.0240. The van der Waals surface area contributed by atoms with Gasteiger partial charge in [0.2, 0.25) is 6.29 Å². The summed E-state index contributed by atoms with van der Waals surface area (Å²) in [4.78, 5) is 12.2. The van der Waals surface area contributed by atoms with Crippen molar-refractivity contribution in [2.24, 2.45) is 0 Å². The molecule has 2 aliphatic rings. The second-order valence-corrected chi connectivity index (χ2v) is 11.2. The second-order valence-electron chi connectivity index (χ2n) is 11.2.